The molecular formula is C27H33N3O5. The maximum absolute atomic E-state index is 13.6. The lowest BCUT2D eigenvalue weighted by Crippen LogP contribution is -2.56. The van der Waals surface area contributed by atoms with Gasteiger partial charge in [0.15, 0.2) is 11.9 Å². The molecule has 1 aliphatic heterocycles. The van der Waals surface area contributed by atoms with Crippen LogP contribution in [0.1, 0.15) is 42.6 Å². The van der Waals surface area contributed by atoms with Gasteiger partial charge in [-0.05, 0) is 42.4 Å². The van der Waals surface area contributed by atoms with Gasteiger partial charge in [0.1, 0.15) is 18.7 Å². The van der Waals surface area contributed by atoms with Gasteiger partial charge in [0, 0.05) is 12.6 Å². The molecule has 2 aromatic carbocycles. The Morgan fingerprint density at radius 3 is 2.29 bits per heavy atom. The summed E-state index contributed by atoms with van der Waals surface area (Å²) in [4.78, 5) is 52.0. The van der Waals surface area contributed by atoms with Crippen LogP contribution in [0.4, 0.5) is 0 Å². The van der Waals surface area contributed by atoms with Gasteiger partial charge < -0.3 is 20.7 Å². The predicted octanol–water partition coefficient (Wildman–Crippen LogP) is 2.11. The molecule has 3 amide bonds. The molecule has 1 aliphatic rings. The van der Waals surface area contributed by atoms with E-state index in [1.54, 1.807) is 30.3 Å². The summed E-state index contributed by atoms with van der Waals surface area (Å²) in [6.07, 6.45) is 0.717. The fourth-order valence-corrected chi connectivity index (χ4v) is 4.37. The van der Waals surface area contributed by atoms with E-state index in [1.165, 1.54) is 17.5 Å². The van der Waals surface area contributed by atoms with Gasteiger partial charge in [-0.3, -0.25) is 19.2 Å². The van der Waals surface area contributed by atoms with E-state index in [0.717, 1.165) is 12.8 Å². The van der Waals surface area contributed by atoms with Crippen LogP contribution in [0.5, 0.6) is 0 Å². The highest BCUT2D eigenvalue weighted by Crippen LogP contribution is 2.30. The number of benzene rings is 2. The van der Waals surface area contributed by atoms with E-state index in [9.17, 15) is 19.2 Å². The van der Waals surface area contributed by atoms with Gasteiger partial charge >= 0.3 is 0 Å². The van der Waals surface area contributed by atoms with Crippen LogP contribution < -0.4 is 11.1 Å². The number of hydrogen-bond acceptors (Lipinski definition) is 5. The van der Waals surface area contributed by atoms with Crippen LogP contribution in [0, 0.1) is 5.41 Å². The number of nitrogens with one attached hydrogen (secondary N) is 1. The van der Waals surface area contributed by atoms with Crippen molar-refractivity contribution in [3.8, 4) is 0 Å². The van der Waals surface area contributed by atoms with E-state index in [1.807, 2.05) is 32.0 Å². The Morgan fingerprint density at radius 2 is 1.69 bits per heavy atom. The minimum atomic E-state index is -1.21. The maximum atomic E-state index is 13.6. The molecule has 3 rings (SSSR count). The Labute approximate surface area is 205 Å². The Balaban J connectivity index is 1.81. The zero-order valence-electron chi connectivity index (χ0n) is 20.4. The van der Waals surface area contributed by atoms with E-state index < -0.39 is 41.7 Å². The number of ketones is 1. The van der Waals surface area contributed by atoms with Crippen molar-refractivity contribution in [3.05, 3.63) is 71.8 Å². The van der Waals surface area contributed by atoms with Gasteiger partial charge in [-0.15, -0.1) is 0 Å². The molecule has 0 radical (unpaired) electrons. The van der Waals surface area contributed by atoms with Gasteiger partial charge in [-0.2, -0.15) is 0 Å². The highest BCUT2D eigenvalue weighted by molar-refractivity contribution is 6.01. The molecule has 0 spiro atoms. The van der Waals surface area contributed by atoms with Crippen molar-refractivity contribution in [3.63, 3.8) is 0 Å². The van der Waals surface area contributed by atoms with Crippen molar-refractivity contribution in [2.75, 3.05) is 13.7 Å². The van der Waals surface area contributed by atoms with Crippen LogP contribution in [0.25, 0.3) is 0 Å². The number of nitrogens with zero attached hydrogens (tertiary/aromatic N) is 1. The molecule has 8 heteroatoms. The van der Waals surface area contributed by atoms with Crippen molar-refractivity contribution in [1.82, 2.24) is 10.2 Å². The molecule has 186 valence electrons. The third kappa shape index (κ3) is 6.76. The maximum Gasteiger partial charge on any atom is 0.251 e. The van der Waals surface area contributed by atoms with Crippen LogP contribution in [0.2, 0.25) is 0 Å². The minimum absolute atomic E-state index is 0.292. The van der Waals surface area contributed by atoms with Gasteiger partial charge in [0.25, 0.3) is 5.91 Å². The molecule has 2 aromatic rings. The first-order chi connectivity index (χ1) is 16.6. The summed E-state index contributed by atoms with van der Waals surface area (Å²) in [7, 11) is 1.44. The molecule has 1 saturated heterocycles. The summed E-state index contributed by atoms with van der Waals surface area (Å²) in [5.41, 5.74) is 6.68. The van der Waals surface area contributed by atoms with Crippen LogP contribution in [0.15, 0.2) is 60.7 Å². The molecule has 2 unspecified atom stereocenters. The van der Waals surface area contributed by atoms with E-state index >= 15 is 0 Å². The highest BCUT2D eigenvalue weighted by Gasteiger charge is 2.45. The molecule has 0 bridgehead atoms. The number of likely N-dealkylation sites (N-methyl/N-ethyl adjacent to an activating group) is 1. The van der Waals surface area contributed by atoms with Crippen molar-refractivity contribution in [1.29, 1.82) is 0 Å². The number of aryl methyl sites for hydroxylation is 1. The standard InChI is InChI=1S/C27H33N3O5/c1-27(2,15-14-18-10-6-4-7-11-18)16-20(29-25(33)19-12-8-5-9-13-19)26(34)30(3)22-21(31)17-35-23(22)24(28)32/h4-13,20,22-23H,14-17H2,1-3H3,(H2,28,32)(H,29,33)/t20-,22?,23?/m0/s1. The Morgan fingerprint density at radius 1 is 1.09 bits per heavy atom. The minimum Gasteiger partial charge on any atom is -0.367 e. The molecule has 35 heavy (non-hydrogen) atoms. The number of carbonyl (C=O) groups is 4. The Bertz CT molecular complexity index is 1060. The average Bonchev–Trinajstić information content (AvgIpc) is 3.24. The molecule has 0 aliphatic carbocycles. The number of rotatable bonds is 10. The van der Waals surface area contributed by atoms with E-state index in [2.05, 4.69) is 17.4 Å². The van der Waals surface area contributed by atoms with Crippen LogP contribution in [0.3, 0.4) is 0 Å². The molecule has 3 atom stereocenters. The van der Waals surface area contributed by atoms with Crippen molar-refractivity contribution in [2.45, 2.75) is 51.3 Å². The Kier molecular flexibility index (Phi) is 8.40. The van der Waals surface area contributed by atoms with Gasteiger partial charge in [-0.25, -0.2) is 0 Å². The van der Waals surface area contributed by atoms with Crippen molar-refractivity contribution < 1.29 is 23.9 Å². The highest BCUT2D eigenvalue weighted by atomic mass is 16.5. The number of nitrogens with two attached hydrogens (primary N) is 1. The zero-order chi connectivity index (χ0) is 25.6. The summed E-state index contributed by atoms with van der Waals surface area (Å²) in [5, 5.41) is 2.85. The van der Waals surface area contributed by atoms with Gasteiger partial charge in [-0.1, -0.05) is 62.4 Å². The smallest absolute Gasteiger partial charge is 0.251 e. The second-order valence-corrected chi connectivity index (χ2v) is 9.74. The summed E-state index contributed by atoms with van der Waals surface area (Å²) in [5.74, 6) is -2.08. The van der Waals surface area contributed by atoms with Crippen molar-refractivity contribution >= 4 is 23.5 Å². The predicted molar refractivity (Wildman–Crippen MR) is 131 cm³/mol. The van der Waals surface area contributed by atoms with E-state index in [-0.39, 0.29) is 12.0 Å². The van der Waals surface area contributed by atoms with Crippen LogP contribution >= 0.6 is 0 Å². The first kappa shape index (κ1) is 26.1. The van der Waals surface area contributed by atoms with Crippen LogP contribution in [-0.2, 0) is 25.5 Å². The number of Topliss-reactive ketones (excluding diaryl/α,β-unsaturated/α-hetero) is 1. The van der Waals surface area contributed by atoms with Crippen molar-refractivity contribution in [2.24, 2.45) is 11.1 Å². The monoisotopic (exact) mass is 479 g/mol. The average molecular weight is 480 g/mol. The topological polar surface area (TPSA) is 119 Å². The number of hydrogen-bond donors (Lipinski definition) is 2. The lowest BCUT2D eigenvalue weighted by Gasteiger charge is -2.34. The summed E-state index contributed by atoms with van der Waals surface area (Å²) in [6, 6.07) is 16.6. The van der Waals surface area contributed by atoms with Gasteiger partial charge in [0.2, 0.25) is 11.8 Å². The molecule has 0 saturated carbocycles. The molecule has 1 heterocycles. The molecule has 3 N–H and O–H groups in total. The molecule has 1 fully saturated rings. The fraction of sp³-hybridized carbons (Fsp3) is 0.407. The zero-order valence-corrected chi connectivity index (χ0v) is 20.4. The number of ether oxygens (including phenoxy) is 1. The van der Waals surface area contributed by atoms with E-state index in [0.29, 0.717) is 12.0 Å². The lowest BCUT2D eigenvalue weighted by atomic mass is 9.80. The quantitative estimate of drug-likeness (QED) is 0.541. The number of amides is 3. The second-order valence-electron chi connectivity index (χ2n) is 9.74. The number of primary amides is 1. The summed E-state index contributed by atoms with van der Waals surface area (Å²) in [6.45, 7) is 3.79. The van der Waals surface area contributed by atoms with Gasteiger partial charge in [0.05, 0.1) is 0 Å². The first-order valence-electron chi connectivity index (χ1n) is 11.7. The fourth-order valence-electron chi connectivity index (χ4n) is 4.37. The third-order valence-corrected chi connectivity index (χ3v) is 6.40. The summed E-state index contributed by atoms with van der Waals surface area (Å²) >= 11 is 0. The normalized spacial score (nSPS) is 18.7. The second kappa shape index (κ2) is 11.3. The van der Waals surface area contributed by atoms with Crippen LogP contribution in [-0.4, -0.2) is 60.2 Å². The molecule has 0 aromatic heterocycles. The van der Waals surface area contributed by atoms with E-state index in [4.69, 9.17) is 10.5 Å². The summed E-state index contributed by atoms with van der Waals surface area (Å²) < 4.78 is 5.22. The molecule has 8 nitrogen and oxygen atoms in total. The number of carbonyl (C=O) groups excluding carboxylic acids is 4. The lowest BCUT2D eigenvalue weighted by molar-refractivity contribution is -0.141. The Hall–Kier alpha value is -3.52. The largest absolute Gasteiger partial charge is 0.367 e. The SMILES string of the molecule is CN(C(=O)[C@H](CC(C)(C)CCc1ccccc1)NC(=O)c1ccccc1)C1C(=O)COC1C(N)=O. The molecular weight excluding hydrogens is 446 g/mol. The third-order valence-electron chi connectivity index (χ3n) is 6.40. The first-order valence-corrected chi connectivity index (χ1v) is 11.7.